The first-order valence-electron chi connectivity index (χ1n) is 11.8. The normalized spacial score (nSPS) is 13.4. The highest BCUT2D eigenvalue weighted by Gasteiger charge is 2.31. The Kier molecular flexibility index (Phi) is 7.29. The fraction of sp³-hybridized carbons (Fsp3) is 0.310. The Labute approximate surface area is 210 Å². The zero-order chi connectivity index (χ0) is 25.9. The summed E-state index contributed by atoms with van der Waals surface area (Å²) >= 11 is 0. The second-order valence-electron chi connectivity index (χ2n) is 9.72. The zero-order valence-electron chi connectivity index (χ0n) is 20.8. The SMILES string of the molecule is COc1ccc(F)c(C[C@H](NC(=O)OCC2c3ccccc3-c3ccccc32)C(=O)OC(C)(C)C)c1. The van der Waals surface area contributed by atoms with Crippen molar-refractivity contribution in [3.05, 3.63) is 89.2 Å². The van der Waals surface area contributed by atoms with Crippen LogP contribution in [0, 0.1) is 5.82 Å². The molecule has 188 valence electrons. The van der Waals surface area contributed by atoms with Gasteiger partial charge in [0, 0.05) is 12.3 Å². The van der Waals surface area contributed by atoms with Gasteiger partial charge in [-0.25, -0.2) is 14.0 Å². The van der Waals surface area contributed by atoms with E-state index in [9.17, 15) is 14.0 Å². The number of hydrogen-bond donors (Lipinski definition) is 1. The van der Waals surface area contributed by atoms with Gasteiger partial charge in [-0.2, -0.15) is 0 Å². The van der Waals surface area contributed by atoms with Crippen LogP contribution in [0.5, 0.6) is 5.75 Å². The number of esters is 1. The van der Waals surface area contributed by atoms with Crippen molar-refractivity contribution in [2.24, 2.45) is 0 Å². The van der Waals surface area contributed by atoms with Gasteiger partial charge in [0.05, 0.1) is 7.11 Å². The lowest BCUT2D eigenvalue weighted by Crippen LogP contribution is -2.46. The van der Waals surface area contributed by atoms with E-state index < -0.39 is 29.5 Å². The highest BCUT2D eigenvalue weighted by Crippen LogP contribution is 2.44. The third-order valence-corrected chi connectivity index (χ3v) is 6.00. The maximum absolute atomic E-state index is 14.5. The summed E-state index contributed by atoms with van der Waals surface area (Å²) in [6, 6.07) is 19.1. The minimum absolute atomic E-state index is 0.0917. The third kappa shape index (κ3) is 5.67. The molecule has 0 aliphatic heterocycles. The molecule has 0 fully saturated rings. The van der Waals surface area contributed by atoms with Gasteiger partial charge < -0.3 is 19.5 Å². The van der Waals surface area contributed by atoms with E-state index in [-0.39, 0.29) is 24.5 Å². The maximum atomic E-state index is 14.5. The average Bonchev–Trinajstić information content (AvgIpc) is 3.16. The van der Waals surface area contributed by atoms with Gasteiger partial charge in [-0.3, -0.25) is 0 Å². The molecular weight excluding hydrogens is 461 g/mol. The van der Waals surface area contributed by atoms with Crippen LogP contribution in [0.25, 0.3) is 11.1 Å². The fourth-order valence-corrected chi connectivity index (χ4v) is 4.40. The number of amides is 1. The molecule has 0 saturated carbocycles. The van der Waals surface area contributed by atoms with E-state index in [0.717, 1.165) is 22.3 Å². The van der Waals surface area contributed by atoms with Crippen molar-refractivity contribution < 1.29 is 28.2 Å². The molecule has 6 nitrogen and oxygen atoms in total. The van der Waals surface area contributed by atoms with Crippen LogP contribution >= 0.6 is 0 Å². The minimum Gasteiger partial charge on any atom is -0.497 e. The highest BCUT2D eigenvalue weighted by molar-refractivity contribution is 5.82. The summed E-state index contributed by atoms with van der Waals surface area (Å²) < 4.78 is 30.7. The third-order valence-electron chi connectivity index (χ3n) is 6.00. The van der Waals surface area contributed by atoms with Crippen LogP contribution in [0.1, 0.15) is 43.4 Å². The lowest BCUT2D eigenvalue weighted by molar-refractivity contribution is -0.157. The number of ether oxygens (including phenoxy) is 3. The standard InChI is InChI=1S/C29H30FNO5/c1-29(2,3)36-27(32)26(16-18-15-19(34-4)13-14-25(18)30)31-28(33)35-17-24-22-11-7-5-9-20(22)21-10-6-8-12-23(21)24/h5-15,24,26H,16-17H2,1-4H3,(H,31,33)/t26-/m0/s1. The van der Waals surface area contributed by atoms with Crippen LogP contribution in [-0.2, 0) is 20.7 Å². The Balaban J connectivity index is 1.50. The first kappa shape index (κ1) is 25.2. The Morgan fingerprint density at radius 3 is 2.17 bits per heavy atom. The van der Waals surface area contributed by atoms with Crippen LogP contribution < -0.4 is 10.1 Å². The summed E-state index contributed by atoms with van der Waals surface area (Å²) in [6.07, 6.45) is -0.904. The monoisotopic (exact) mass is 491 g/mol. The van der Waals surface area contributed by atoms with E-state index in [1.54, 1.807) is 20.8 Å². The van der Waals surface area contributed by atoms with Crippen molar-refractivity contribution in [3.8, 4) is 16.9 Å². The van der Waals surface area contributed by atoms with Gasteiger partial charge >= 0.3 is 12.1 Å². The molecule has 1 N–H and O–H groups in total. The number of carbonyl (C=O) groups excluding carboxylic acids is 2. The van der Waals surface area contributed by atoms with E-state index >= 15 is 0 Å². The second kappa shape index (κ2) is 10.4. The second-order valence-corrected chi connectivity index (χ2v) is 9.72. The summed E-state index contributed by atoms with van der Waals surface area (Å²) in [5.41, 5.74) is 3.81. The predicted molar refractivity (Wildman–Crippen MR) is 134 cm³/mol. The molecule has 1 aliphatic rings. The van der Waals surface area contributed by atoms with Gasteiger partial charge in [-0.05, 0) is 66.8 Å². The van der Waals surface area contributed by atoms with Crippen molar-refractivity contribution in [1.29, 1.82) is 0 Å². The van der Waals surface area contributed by atoms with Crippen LogP contribution in [0.4, 0.5) is 9.18 Å². The Bertz CT molecular complexity index is 1220. The summed E-state index contributed by atoms with van der Waals surface area (Å²) in [6.45, 7) is 5.26. The van der Waals surface area contributed by atoms with Crippen molar-refractivity contribution in [2.45, 2.75) is 44.8 Å². The Hall–Kier alpha value is -3.87. The van der Waals surface area contributed by atoms with Gasteiger partial charge in [0.15, 0.2) is 0 Å². The van der Waals surface area contributed by atoms with Crippen molar-refractivity contribution in [3.63, 3.8) is 0 Å². The molecule has 1 amide bonds. The molecule has 3 aromatic rings. The van der Waals surface area contributed by atoms with E-state index in [4.69, 9.17) is 14.2 Å². The Morgan fingerprint density at radius 1 is 0.972 bits per heavy atom. The molecule has 1 atom stereocenters. The molecule has 1 aliphatic carbocycles. The molecule has 0 heterocycles. The summed E-state index contributed by atoms with van der Waals surface area (Å²) in [5.74, 6) is -0.883. The van der Waals surface area contributed by atoms with Crippen molar-refractivity contribution >= 4 is 12.1 Å². The first-order valence-corrected chi connectivity index (χ1v) is 11.8. The number of methoxy groups -OCH3 is 1. The van der Waals surface area contributed by atoms with E-state index in [0.29, 0.717) is 5.75 Å². The topological polar surface area (TPSA) is 73.9 Å². The van der Waals surface area contributed by atoms with Gasteiger partial charge in [-0.1, -0.05) is 48.5 Å². The molecule has 0 unspecified atom stereocenters. The molecule has 4 rings (SSSR count). The molecule has 0 bridgehead atoms. The number of benzene rings is 3. The lowest BCUT2D eigenvalue weighted by Gasteiger charge is -2.25. The van der Waals surface area contributed by atoms with Crippen LogP contribution in [0.3, 0.4) is 0 Å². The molecular formula is C29H30FNO5. The van der Waals surface area contributed by atoms with Crippen LogP contribution in [-0.4, -0.2) is 37.4 Å². The van der Waals surface area contributed by atoms with Gasteiger partial charge in [0.2, 0.25) is 0 Å². The lowest BCUT2D eigenvalue weighted by atomic mass is 9.98. The molecule has 0 saturated heterocycles. The van der Waals surface area contributed by atoms with Crippen molar-refractivity contribution in [1.82, 2.24) is 5.32 Å². The minimum atomic E-state index is -1.15. The predicted octanol–water partition coefficient (Wildman–Crippen LogP) is 5.63. The number of alkyl carbamates (subject to hydrolysis) is 1. The average molecular weight is 492 g/mol. The summed E-state index contributed by atoms with van der Waals surface area (Å²) in [4.78, 5) is 25.7. The molecule has 0 radical (unpaired) electrons. The smallest absolute Gasteiger partial charge is 0.407 e. The summed E-state index contributed by atoms with van der Waals surface area (Å²) in [5, 5.41) is 2.58. The number of carbonyl (C=O) groups is 2. The van der Waals surface area contributed by atoms with Crippen LogP contribution in [0.2, 0.25) is 0 Å². The molecule has 0 spiro atoms. The van der Waals surface area contributed by atoms with E-state index in [1.165, 1.54) is 25.3 Å². The quantitative estimate of drug-likeness (QED) is 0.434. The maximum Gasteiger partial charge on any atom is 0.407 e. The number of fused-ring (bicyclic) bond motifs is 3. The number of nitrogens with one attached hydrogen (secondary N) is 1. The zero-order valence-corrected chi connectivity index (χ0v) is 20.8. The van der Waals surface area contributed by atoms with Crippen LogP contribution in [0.15, 0.2) is 66.7 Å². The molecule has 36 heavy (non-hydrogen) atoms. The van der Waals surface area contributed by atoms with Gasteiger partial charge in [0.1, 0.15) is 29.8 Å². The van der Waals surface area contributed by atoms with E-state index in [2.05, 4.69) is 17.4 Å². The largest absolute Gasteiger partial charge is 0.497 e. The fourth-order valence-electron chi connectivity index (χ4n) is 4.40. The van der Waals surface area contributed by atoms with Gasteiger partial charge in [0.25, 0.3) is 0 Å². The van der Waals surface area contributed by atoms with E-state index in [1.807, 2.05) is 36.4 Å². The number of rotatable bonds is 7. The van der Waals surface area contributed by atoms with Crippen molar-refractivity contribution in [2.75, 3.05) is 13.7 Å². The molecule has 3 aromatic carbocycles. The Morgan fingerprint density at radius 2 is 1.58 bits per heavy atom. The number of halogens is 1. The van der Waals surface area contributed by atoms with Gasteiger partial charge in [-0.15, -0.1) is 0 Å². The number of hydrogen-bond acceptors (Lipinski definition) is 5. The summed E-state index contributed by atoms with van der Waals surface area (Å²) in [7, 11) is 1.47. The highest BCUT2D eigenvalue weighted by atomic mass is 19.1. The first-order chi connectivity index (χ1) is 17.2. The molecule has 7 heteroatoms. The molecule has 0 aromatic heterocycles.